The van der Waals surface area contributed by atoms with E-state index in [0.29, 0.717) is 19.8 Å². The Morgan fingerprint density at radius 2 is 1.27 bits per heavy atom. The Bertz CT molecular complexity index is 1280. The molecule has 0 N–H and O–H groups in total. The third-order valence-corrected chi connectivity index (χ3v) is 5.62. The molecule has 0 saturated carbocycles. The zero-order valence-electron chi connectivity index (χ0n) is 25.0. The fraction of sp³-hybridized carbons (Fsp3) is 0.270. The summed E-state index contributed by atoms with van der Waals surface area (Å²) in [5.74, 6) is 3.09. The molecule has 1 heterocycles. The second-order valence-corrected chi connectivity index (χ2v) is 10.5. The molecular formula is C37H43NO3. The third-order valence-electron chi connectivity index (χ3n) is 5.62. The fourth-order valence-electron chi connectivity index (χ4n) is 3.70. The van der Waals surface area contributed by atoms with E-state index < -0.39 is 0 Å². The first kappa shape index (κ1) is 31.2. The minimum Gasteiger partial charge on any atom is -0.489 e. The van der Waals surface area contributed by atoms with Crippen molar-refractivity contribution in [3.05, 3.63) is 131 Å². The Hall–Kier alpha value is -4.31. The summed E-state index contributed by atoms with van der Waals surface area (Å²) in [6.07, 6.45) is 8.92. The molecule has 1 aromatic heterocycles. The van der Waals surface area contributed by atoms with Gasteiger partial charge in [0, 0.05) is 6.07 Å². The number of rotatable bonds is 12. The van der Waals surface area contributed by atoms with Crippen LogP contribution >= 0.6 is 0 Å². The lowest BCUT2D eigenvalue weighted by molar-refractivity contribution is 0.290. The smallest absolute Gasteiger partial charge is 0.138 e. The Balaban J connectivity index is 0.00000108. The lowest BCUT2D eigenvalue weighted by Crippen LogP contribution is -1.99. The van der Waals surface area contributed by atoms with E-state index in [4.69, 9.17) is 14.2 Å². The molecule has 4 aromatic rings. The Labute approximate surface area is 246 Å². The molecule has 0 unspecified atom stereocenters. The zero-order chi connectivity index (χ0) is 29.3. The SMILES string of the molecule is CC(C)C.CC/C=C(/C)COc1ccc(/C=C/c2cc(OCc3ccccc3)cc(OCc3ccccc3)c2)nc1. The van der Waals surface area contributed by atoms with Gasteiger partial charge in [-0.3, -0.25) is 4.98 Å². The van der Waals surface area contributed by atoms with E-state index in [1.807, 2.05) is 78.9 Å². The molecule has 0 atom stereocenters. The normalized spacial score (nSPS) is 11.2. The number of pyridine rings is 1. The highest BCUT2D eigenvalue weighted by Crippen LogP contribution is 2.26. The molecule has 3 aromatic carbocycles. The highest BCUT2D eigenvalue weighted by molar-refractivity contribution is 5.69. The molecule has 0 fully saturated rings. The van der Waals surface area contributed by atoms with Crippen molar-refractivity contribution in [2.24, 2.45) is 5.92 Å². The first-order valence-corrected chi connectivity index (χ1v) is 14.3. The maximum atomic E-state index is 6.11. The molecule has 0 saturated heterocycles. The molecule has 0 aliphatic heterocycles. The summed E-state index contributed by atoms with van der Waals surface area (Å²) in [5, 5.41) is 0. The molecule has 0 aliphatic rings. The molecule has 0 aliphatic carbocycles. The lowest BCUT2D eigenvalue weighted by Gasteiger charge is -2.12. The molecule has 4 heteroatoms. The Morgan fingerprint density at radius 1 is 0.707 bits per heavy atom. The van der Waals surface area contributed by atoms with Crippen LogP contribution in [0.25, 0.3) is 12.2 Å². The van der Waals surface area contributed by atoms with Crippen molar-refractivity contribution in [1.82, 2.24) is 4.98 Å². The van der Waals surface area contributed by atoms with Crippen molar-refractivity contribution in [3.8, 4) is 17.2 Å². The van der Waals surface area contributed by atoms with Gasteiger partial charge < -0.3 is 14.2 Å². The largest absolute Gasteiger partial charge is 0.489 e. The Kier molecular flexibility index (Phi) is 13.2. The van der Waals surface area contributed by atoms with Gasteiger partial charge in [0.2, 0.25) is 0 Å². The third kappa shape index (κ3) is 12.6. The van der Waals surface area contributed by atoms with Crippen LogP contribution < -0.4 is 14.2 Å². The second kappa shape index (κ2) is 17.4. The molecule has 41 heavy (non-hydrogen) atoms. The number of nitrogens with zero attached hydrogens (tertiary/aromatic N) is 1. The Morgan fingerprint density at radius 3 is 1.76 bits per heavy atom. The van der Waals surface area contributed by atoms with E-state index >= 15 is 0 Å². The van der Waals surface area contributed by atoms with Crippen LogP contribution in [0.15, 0.2) is 109 Å². The van der Waals surface area contributed by atoms with Gasteiger partial charge in [0.05, 0.1) is 11.9 Å². The second-order valence-electron chi connectivity index (χ2n) is 10.5. The van der Waals surface area contributed by atoms with Crippen LogP contribution in [0, 0.1) is 5.92 Å². The molecule has 0 radical (unpaired) electrons. The van der Waals surface area contributed by atoms with Gasteiger partial charge in [-0.05, 0) is 71.9 Å². The summed E-state index contributed by atoms with van der Waals surface area (Å²) in [4.78, 5) is 4.52. The number of hydrogen-bond acceptors (Lipinski definition) is 4. The monoisotopic (exact) mass is 549 g/mol. The van der Waals surface area contributed by atoms with Crippen LogP contribution in [0.5, 0.6) is 17.2 Å². The number of hydrogen-bond donors (Lipinski definition) is 0. The minimum atomic E-state index is 0.488. The van der Waals surface area contributed by atoms with Crippen LogP contribution in [-0.4, -0.2) is 11.6 Å². The zero-order valence-corrected chi connectivity index (χ0v) is 25.0. The average molecular weight is 550 g/mol. The molecule has 214 valence electrons. The fourth-order valence-corrected chi connectivity index (χ4v) is 3.70. The van der Waals surface area contributed by atoms with Crippen LogP contribution in [0.3, 0.4) is 0 Å². The highest BCUT2D eigenvalue weighted by atomic mass is 16.5. The highest BCUT2D eigenvalue weighted by Gasteiger charge is 2.04. The molecule has 0 spiro atoms. The van der Waals surface area contributed by atoms with Gasteiger partial charge in [-0.2, -0.15) is 0 Å². The van der Waals surface area contributed by atoms with Crippen LogP contribution in [-0.2, 0) is 13.2 Å². The van der Waals surface area contributed by atoms with Gasteiger partial charge in [-0.1, -0.05) is 101 Å². The average Bonchev–Trinajstić information content (AvgIpc) is 2.98. The summed E-state index contributed by atoms with van der Waals surface area (Å²) >= 11 is 0. The van der Waals surface area contributed by atoms with Gasteiger partial charge in [0.25, 0.3) is 0 Å². The van der Waals surface area contributed by atoms with Crippen molar-refractivity contribution in [2.75, 3.05) is 6.61 Å². The van der Waals surface area contributed by atoms with Crippen LogP contribution in [0.4, 0.5) is 0 Å². The van der Waals surface area contributed by atoms with Crippen molar-refractivity contribution in [2.45, 2.75) is 54.3 Å². The van der Waals surface area contributed by atoms with Gasteiger partial charge in [0.15, 0.2) is 0 Å². The van der Waals surface area contributed by atoms with Gasteiger partial charge in [0.1, 0.15) is 37.1 Å². The van der Waals surface area contributed by atoms with E-state index in [-0.39, 0.29) is 0 Å². The van der Waals surface area contributed by atoms with Crippen LogP contribution in [0.2, 0.25) is 0 Å². The van der Waals surface area contributed by atoms with E-state index in [1.54, 1.807) is 6.20 Å². The topological polar surface area (TPSA) is 40.6 Å². The number of benzene rings is 3. The molecule has 0 amide bonds. The maximum Gasteiger partial charge on any atom is 0.138 e. The number of aromatic nitrogens is 1. The quantitative estimate of drug-likeness (QED) is 0.165. The molecule has 0 bridgehead atoms. The summed E-state index contributed by atoms with van der Waals surface area (Å²) in [6.45, 7) is 12.2. The van der Waals surface area contributed by atoms with Crippen LogP contribution in [0.1, 0.15) is 63.4 Å². The van der Waals surface area contributed by atoms with Crippen molar-refractivity contribution in [3.63, 3.8) is 0 Å². The predicted octanol–water partition coefficient (Wildman–Crippen LogP) is 9.81. The maximum absolute atomic E-state index is 6.11. The summed E-state index contributed by atoms with van der Waals surface area (Å²) in [7, 11) is 0. The summed E-state index contributed by atoms with van der Waals surface area (Å²) < 4.78 is 18.0. The first-order chi connectivity index (χ1) is 19.9. The molecule has 4 nitrogen and oxygen atoms in total. The first-order valence-electron chi connectivity index (χ1n) is 14.3. The number of ether oxygens (including phenoxy) is 3. The van der Waals surface area contributed by atoms with Crippen molar-refractivity contribution < 1.29 is 14.2 Å². The van der Waals surface area contributed by atoms with E-state index in [2.05, 4.69) is 69.9 Å². The lowest BCUT2D eigenvalue weighted by atomic mass is 10.1. The minimum absolute atomic E-state index is 0.488. The predicted molar refractivity (Wildman–Crippen MR) is 171 cm³/mol. The van der Waals surface area contributed by atoms with E-state index in [9.17, 15) is 0 Å². The summed E-state index contributed by atoms with van der Waals surface area (Å²) in [5.41, 5.74) is 5.25. The molecular weight excluding hydrogens is 506 g/mol. The number of allylic oxidation sites excluding steroid dienone is 1. The van der Waals surface area contributed by atoms with E-state index in [0.717, 1.165) is 52.0 Å². The van der Waals surface area contributed by atoms with Gasteiger partial charge in [-0.25, -0.2) is 0 Å². The summed E-state index contributed by atoms with van der Waals surface area (Å²) in [6, 6.07) is 30.1. The van der Waals surface area contributed by atoms with Gasteiger partial charge in [-0.15, -0.1) is 0 Å². The van der Waals surface area contributed by atoms with E-state index in [1.165, 1.54) is 5.57 Å². The standard InChI is InChI=1S/C33H33NO3.C4H10/c1-3-10-26(2)23-35-31-18-17-30(34-22-31)16-15-29-19-32(36-24-27-11-6-4-7-12-27)21-33(20-29)37-25-28-13-8-5-9-14-28;1-4(2)3/h4-22H,3,23-25H2,1-2H3;4H,1-3H3/b16-15+,26-10-;. The molecule has 4 rings (SSSR count). The van der Waals surface area contributed by atoms with Crippen molar-refractivity contribution in [1.29, 1.82) is 0 Å². The van der Waals surface area contributed by atoms with Gasteiger partial charge >= 0.3 is 0 Å². The van der Waals surface area contributed by atoms with Crippen molar-refractivity contribution >= 4 is 12.2 Å².